The molecule has 110 valence electrons. The number of hydrogen-bond acceptors (Lipinski definition) is 4. The van der Waals surface area contributed by atoms with E-state index in [1.807, 2.05) is 25.3 Å². The Morgan fingerprint density at radius 2 is 2.05 bits per heavy atom. The van der Waals surface area contributed by atoms with Crippen molar-refractivity contribution in [2.45, 2.75) is 45.4 Å². The van der Waals surface area contributed by atoms with Crippen molar-refractivity contribution in [3.8, 4) is 5.75 Å². The molecule has 1 aliphatic heterocycles. The van der Waals surface area contributed by atoms with Crippen LogP contribution >= 0.6 is 0 Å². The summed E-state index contributed by atoms with van der Waals surface area (Å²) in [6.07, 6.45) is 4.57. The predicted molar refractivity (Wildman–Crippen MR) is 82.1 cm³/mol. The summed E-state index contributed by atoms with van der Waals surface area (Å²) in [7, 11) is 0. The lowest BCUT2D eigenvalue weighted by atomic mass is 9.89. The third-order valence-corrected chi connectivity index (χ3v) is 3.74. The molecule has 0 saturated heterocycles. The van der Waals surface area contributed by atoms with Gasteiger partial charge in [-0.25, -0.2) is 0 Å². The van der Waals surface area contributed by atoms with Gasteiger partial charge in [-0.05, 0) is 26.8 Å². The van der Waals surface area contributed by atoms with E-state index >= 15 is 0 Å². The van der Waals surface area contributed by atoms with E-state index in [1.54, 1.807) is 6.20 Å². The molecule has 4 heteroatoms. The van der Waals surface area contributed by atoms with Gasteiger partial charge in [-0.1, -0.05) is 18.2 Å². The van der Waals surface area contributed by atoms with Gasteiger partial charge in [0.15, 0.2) is 0 Å². The number of fused-ring (bicyclic) bond motifs is 1. The van der Waals surface area contributed by atoms with Crippen LogP contribution in [0.1, 0.15) is 43.3 Å². The van der Waals surface area contributed by atoms with Gasteiger partial charge in [-0.2, -0.15) is 0 Å². The van der Waals surface area contributed by atoms with Crippen LogP contribution in [0, 0.1) is 6.92 Å². The number of hydrogen-bond donors (Lipinski definition) is 1. The zero-order valence-electron chi connectivity index (χ0n) is 12.8. The van der Waals surface area contributed by atoms with Crippen LogP contribution in [0.4, 0.5) is 0 Å². The summed E-state index contributed by atoms with van der Waals surface area (Å²) in [5, 5.41) is 3.59. The lowest BCUT2D eigenvalue weighted by molar-refractivity contribution is 0.0656. The molecule has 1 atom stereocenters. The van der Waals surface area contributed by atoms with Crippen LogP contribution in [-0.2, 0) is 6.54 Å². The number of rotatable bonds is 3. The fraction of sp³-hybridized carbons (Fsp3) is 0.412. The third-order valence-electron chi connectivity index (χ3n) is 3.74. The molecule has 4 nitrogen and oxygen atoms in total. The zero-order chi connectivity index (χ0) is 14.9. The number of nitrogens with one attached hydrogen (secondary N) is 1. The number of benzene rings is 1. The van der Waals surface area contributed by atoms with Crippen molar-refractivity contribution in [3.05, 3.63) is 53.6 Å². The monoisotopic (exact) mass is 283 g/mol. The van der Waals surface area contributed by atoms with Gasteiger partial charge in [0.25, 0.3) is 0 Å². The Morgan fingerprint density at radius 3 is 2.81 bits per heavy atom. The van der Waals surface area contributed by atoms with Gasteiger partial charge in [0, 0.05) is 37.0 Å². The van der Waals surface area contributed by atoms with Crippen LogP contribution in [0.2, 0.25) is 0 Å². The van der Waals surface area contributed by atoms with E-state index in [0.717, 1.165) is 23.6 Å². The SMILES string of the molecule is Cc1cnc(CNC2CC(C)(C)Oc3ccccc32)cn1. The minimum absolute atomic E-state index is 0.162. The summed E-state index contributed by atoms with van der Waals surface area (Å²) in [6, 6.07) is 8.51. The van der Waals surface area contributed by atoms with Crippen LogP contribution < -0.4 is 10.1 Å². The number of aromatic nitrogens is 2. The average Bonchev–Trinajstić information content (AvgIpc) is 2.45. The summed E-state index contributed by atoms with van der Waals surface area (Å²) in [4.78, 5) is 8.69. The Morgan fingerprint density at radius 1 is 1.24 bits per heavy atom. The van der Waals surface area contributed by atoms with E-state index in [1.165, 1.54) is 5.56 Å². The molecular weight excluding hydrogens is 262 g/mol. The highest BCUT2D eigenvalue weighted by Crippen LogP contribution is 2.39. The molecule has 0 fully saturated rings. The van der Waals surface area contributed by atoms with Crippen LogP contribution in [0.15, 0.2) is 36.7 Å². The number of aryl methyl sites for hydroxylation is 1. The van der Waals surface area contributed by atoms with Gasteiger partial charge in [0.1, 0.15) is 11.4 Å². The molecule has 0 saturated carbocycles. The Bertz CT molecular complexity index is 622. The predicted octanol–water partition coefficient (Wildman–Crippen LogP) is 3.18. The first-order chi connectivity index (χ1) is 10.0. The fourth-order valence-electron chi connectivity index (χ4n) is 2.72. The Hall–Kier alpha value is -1.94. The van der Waals surface area contributed by atoms with Gasteiger partial charge in [-0.15, -0.1) is 0 Å². The van der Waals surface area contributed by atoms with Crippen molar-refractivity contribution in [3.63, 3.8) is 0 Å². The minimum Gasteiger partial charge on any atom is -0.487 e. The molecule has 21 heavy (non-hydrogen) atoms. The van der Waals surface area contributed by atoms with Crippen molar-refractivity contribution in [2.24, 2.45) is 0 Å². The summed E-state index contributed by atoms with van der Waals surface area (Å²) < 4.78 is 6.05. The zero-order valence-corrected chi connectivity index (χ0v) is 12.8. The summed E-state index contributed by atoms with van der Waals surface area (Å²) in [6.45, 7) is 6.91. The first kappa shape index (κ1) is 14.0. The molecule has 0 radical (unpaired) electrons. The molecule has 1 aromatic carbocycles. The smallest absolute Gasteiger partial charge is 0.124 e. The van der Waals surface area contributed by atoms with E-state index in [4.69, 9.17) is 4.74 Å². The largest absolute Gasteiger partial charge is 0.487 e. The second-order valence-corrected chi connectivity index (χ2v) is 6.19. The molecule has 2 heterocycles. The van der Waals surface area contributed by atoms with Crippen LogP contribution in [0.25, 0.3) is 0 Å². The number of nitrogens with zero attached hydrogens (tertiary/aromatic N) is 2. The molecule has 0 amide bonds. The highest BCUT2D eigenvalue weighted by atomic mass is 16.5. The van der Waals surface area contributed by atoms with Gasteiger partial charge < -0.3 is 10.1 Å². The molecule has 1 aliphatic rings. The highest BCUT2D eigenvalue weighted by molar-refractivity contribution is 5.38. The molecule has 1 aromatic heterocycles. The Labute approximate surface area is 125 Å². The van der Waals surface area contributed by atoms with E-state index in [9.17, 15) is 0 Å². The van der Waals surface area contributed by atoms with Gasteiger partial charge in [-0.3, -0.25) is 9.97 Å². The van der Waals surface area contributed by atoms with E-state index in [0.29, 0.717) is 6.54 Å². The Balaban J connectivity index is 1.77. The molecule has 0 aliphatic carbocycles. The number of ether oxygens (including phenoxy) is 1. The van der Waals surface area contributed by atoms with Crippen molar-refractivity contribution in [1.82, 2.24) is 15.3 Å². The standard InChI is InChI=1S/C17H21N3O/c1-12-9-19-13(10-18-12)11-20-15-8-17(2,3)21-16-7-5-4-6-14(15)16/h4-7,9-10,15,20H,8,11H2,1-3H3. The maximum Gasteiger partial charge on any atom is 0.124 e. The second-order valence-electron chi connectivity index (χ2n) is 6.19. The van der Waals surface area contributed by atoms with Gasteiger partial charge >= 0.3 is 0 Å². The highest BCUT2D eigenvalue weighted by Gasteiger charge is 2.33. The van der Waals surface area contributed by atoms with E-state index < -0.39 is 0 Å². The maximum absolute atomic E-state index is 6.05. The molecule has 1 N–H and O–H groups in total. The third kappa shape index (κ3) is 3.22. The fourth-order valence-corrected chi connectivity index (χ4v) is 2.72. The quantitative estimate of drug-likeness (QED) is 0.940. The normalized spacial score (nSPS) is 19.7. The van der Waals surface area contributed by atoms with Crippen molar-refractivity contribution < 1.29 is 4.74 Å². The molecule has 0 bridgehead atoms. The minimum atomic E-state index is -0.162. The first-order valence-electron chi connectivity index (χ1n) is 7.32. The van der Waals surface area contributed by atoms with Crippen molar-refractivity contribution in [1.29, 1.82) is 0 Å². The summed E-state index contributed by atoms with van der Waals surface area (Å²) in [5.74, 6) is 0.973. The van der Waals surface area contributed by atoms with Crippen LogP contribution in [-0.4, -0.2) is 15.6 Å². The van der Waals surface area contributed by atoms with Crippen molar-refractivity contribution >= 4 is 0 Å². The van der Waals surface area contributed by atoms with Crippen LogP contribution in [0.3, 0.4) is 0 Å². The molecule has 0 spiro atoms. The van der Waals surface area contributed by atoms with E-state index in [-0.39, 0.29) is 11.6 Å². The van der Waals surface area contributed by atoms with E-state index in [2.05, 4.69) is 41.3 Å². The molecule has 2 aromatic rings. The molecule has 3 rings (SSSR count). The van der Waals surface area contributed by atoms with Gasteiger partial charge in [0.05, 0.1) is 11.4 Å². The maximum atomic E-state index is 6.05. The molecule has 1 unspecified atom stereocenters. The topological polar surface area (TPSA) is 47.0 Å². The van der Waals surface area contributed by atoms with Gasteiger partial charge in [0.2, 0.25) is 0 Å². The molecular formula is C17H21N3O. The lowest BCUT2D eigenvalue weighted by Gasteiger charge is -2.38. The number of para-hydroxylation sites is 1. The summed E-state index contributed by atoms with van der Waals surface area (Å²) >= 11 is 0. The lowest BCUT2D eigenvalue weighted by Crippen LogP contribution is -2.39. The second kappa shape index (κ2) is 5.45. The first-order valence-corrected chi connectivity index (χ1v) is 7.32. The summed E-state index contributed by atoms with van der Waals surface area (Å²) in [5.41, 5.74) is 2.96. The van der Waals surface area contributed by atoms with Crippen LogP contribution in [0.5, 0.6) is 5.75 Å². The average molecular weight is 283 g/mol. The van der Waals surface area contributed by atoms with Crippen molar-refractivity contribution in [2.75, 3.05) is 0 Å². The Kier molecular flexibility index (Phi) is 3.64.